The molecule has 28 heavy (non-hydrogen) atoms. The molecule has 0 aliphatic carbocycles. The minimum atomic E-state index is 0.0872. The fraction of sp³-hybridized carbons (Fsp3) is 0.524. The summed E-state index contributed by atoms with van der Waals surface area (Å²) in [6.07, 6.45) is 2.87. The molecule has 0 radical (unpaired) electrons. The standard InChI is InChI=1S/C21H28N4O2S/c1-16-22-20(15-28-16)17-4-2-5-18(12-17)23-21(26)14-25-9-7-24(8-10-25)13-19-6-3-11-27-19/h2,4-5,12,15,19H,3,6-11,13-14H2,1H3,(H,23,26)/p+2/t19-/m1/s1. The highest BCUT2D eigenvalue weighted by Gasteiger charge is 2.28. The Morgan fingerprint density at radius 3 is 2.82 bits per heavy atom. The maximum absolute atomic E-state index is 12.5. The molecule has 0 spiro atoms. The van der Waals surface area contributed by atoms with Gasteiger partial charge in [-0.1, -0.05) is 12.1 Å². The molecule has 2 saturated heterocycles. The van der Waals surface area contributed by atoms with Crippen molar-refractivity contribution in [3.63, 3.8) is 0 Å². The summed E-state index contributed by atoms with van der Waals surface area (Å²) in [6, 6.07) is 7.95. The van der Waals surface area contributed by atoms with Gasteiger partial charge in [0.05, 0.1) is 10.7 Å². The number of rotatable bonds is 6. The monoisotopic (exact) mass is 402 g/mol. The quantitative estimate of drug-likeness (QED) is 0.639. The number of thiazole rings is 1. The van der Waals surface area contributed by atoms with Crippen LogP contribution in [0.15, 0.2) is 29.6 Å². The summed E-state index contributed by atoms with van der Waals surface area (Å²) in [7, 11) is 0. The van der Waals surface area contributed by atoms with Crippen LogP contribution < -0.4 is 15.1 Å². The average Bonchev–Trinajstić information content (AvgIpc) is 3.35. The molecule has 2 aliphatic heterocycles. The van der Waals surface area contributed by atoms with E-state index in [1.54, 1.807) is 16.2 Å². The van der Waals surface area contributed by atoms with Crippen molar-refractivity contribution < 1.29 is 19.3 Å². The van der Waals surface area contributed by atoms with E-state index < -0.39 is 0 Å². The van der Waals surface area contributed by atoms with Crippen LogP contribution in [0.25, 0.3) is 11.3 Å². The third-order valence-corrected chi connectivity index (χ3v) is 6.45. The second-order valence-corrected chi connectivity index (χ2v) is 8.96. The second kappa shape index (κ2) is 9.13. The van der Waals surface area contributed by atoms with E-state index in [9.17, 15) is 4.79 Å². The van der Waals surface area contributed by atoms with Crippen LogP contribution in [-0.4, -0.2) is 62.9 Å². The van der Waals surface area contributed by atoms with Crippen molar-refractivity contribution in [1.29, 1.82) is 0 Å². The van der Waals surface area contributed by atoms with Crippen molar-refractivity contribution in [2.45, 2.75) is 25.9 Å². The molecule has 4 rings (SSSR count). The van der Waals surface area contributed by atoms with Crippen molar-refractivity contribution in [1.82, 2.24) is 4.98 Å². The Kier molecular flexibility index (Phi) is 6.36. The zero-order chi connectivity index (χ0) is 19.3. The predicted molar refractivity (Wildman–Crippen MR) is 111 cm³/mol. The Morgan fingerprint density at radius 2 is 2.11 bits per heavy atom. The first kappa shape index (κ1) is 19.5. The van der Waals surface area contributed by atoms with Crippen molar-refractivity contribution in [2.75, 3.05) is 51.2 Å². The molecular weight excluding hydrogens is 372 g/mol. The van der Waals surface area contributed by atoms with Crippen molar-refractivity contribution in [2.24, 2.45) is 0 Å². The summed E-state index contributed by atoms with van der Waals surface area (Å²) >= 11 is 1.64. The van der Waals surface area contributed by atoms with Crippen LogP contribution in [0.1, 0.15) is 17.8 Å². The molecule has 1 amide bonds. The molecule has 0 unspecified atom stereocenters. The third-order valence-electron chi connectivity index (χ3n) is 5.68. The largest absolute Gasteiger partial charge is 0.372 e. The number of anilines is 1. The highest BCUT2D eigenvalue weighted by molar-refractivity contribution is 7.09. The van der Waals surface area contributed by atoms with Gasteiger partial charge in [-0.05, 0) is 31.9 Å². The Morgan fingerprint density at radius 1 is 1.29 bits per heavy atom. The zero-order valence-electron chi connectivity index (χ0n) is 16.5. The number of hydrogen-bond donors (Lipinski definition) is 3. The zero-order valence-corrected chi connectivity index (χ0v) is 17.3. The first-order chi connectivity index (χ1) is 13.7. The molecule has 6 nitrogen and oxygen atoms in total. The molecule has 0 saturated carbocycles. The normalized spacial score (nSPS) is 25.0. The van der Waals surface area contributed by atoms with Crippen LogP contribution >= 0.6 is 11.3 Å². The average molecular weight is 403 g/mol. The SMILES string of the molecule is Cc1nc(-c2cccc(NC(=O)C[NH+]3CC[NH+](C[C@H]4CCCO4)CC3)c2)cs1. The lowest BCUT2D eigenvalue weighted by Gasteiger charge is -2.30. The summed E-state index contributed by atoms with van der Waals surface area (Å²) in [6.45, 7) is 8.95. The first-order valence-corrected chi connectivity index (χ1v) is 11.1. The van der Waals surface area contributed by atoms with Gasteiger partial charge in [-0.15, -0.1) is 11.3 Å². The van der Waals surface area contributed by atoms with Crippen LogP contribution in [0.4, 0.5) is 5.69 Å². The molecule has 3 heterocycles. The maximum atomic E-state index is 12.5. The Balaban J connectivity index is 1.25. The Labute approximate surface area is 170 Å². The molecule has 1 aromatic carbocycles. The number of benzene rings is 1. The number of nitrogens with one attached hydrogen (secondary N) is 3. The number of nitrogens with zero attached hydrogens (tertiary/aromatic N) is 1. The van der Waals surface area contributed by atoms with Gasteiger partial charge in [-0.25, -0.2) is 4.98 Å². The van der Waals surface area contributed by atoms with E-state index in [1.165, 1.54) is 17.7 Å². The van der Waals surface area contributed by atoms with Crippen LogP contribution in [0, 0.1) is 6.92 Å². The van der Waals surface area contributed by atoms with Gasteiger partial charge in [0, 0.05) is 23.2 Å². The molecule has 2 fully saturated rings. The number of carbonyl (C=O) groups is 1. The lowest BCUT2D eigenvalue weighted by atomic mass is 10.1. The number of ether oxygens (including phenoxy) is 1. The van der Waals surface area contributed by atoms with Gasteiger partial charge in [-0.2, -0.15) is 0 Å². The molecule has 1 aromatic heterocycles. The molecule has 150 valence electrons. The summed E-state index contributed by atoms with van der Waals surface area (Å²) in [5.41, 5.74) is 2.85. The van der Waals surface area contributed by atoms with E-state index in [4.69, 9.17) is 4.74 Å². The van der Waals surface area contributed by atoms with Gasteiger partial charge in [0.2, 0.25) is 0 Å². The summed E-state index contributed by atoms with van der Waals surface area (Å²) in [5.74, 6) is 0.0872. The maximum Gasteiger partial charge on any atom is 0.279 e. The fourth-order valence-electron chi connectivity index (χ4n) is 4.15. The number of aromatic nitrogens is 1. The molecule has 3 N–H and O–H groups in total. The van der Waals surface area contributed by atoms with E-state index in [0.29, 0.717) is 12.6 Å². The van der Waals surface area contributed by atoms with Gasteiger partial charge in [0.1, 0.15) is 38.8 Å². The predicted octanol–water partition coefficient (Wildman–Crippen LogP) is 0.0194. The van der Waals surface area contributed by atoms with Crippen molar-refractivity contribution >= 4 is 22.9 Å². The summed E-state index contributed by atoms with van der Waals surface area (Å²) in [4.78, 5) is 20.1. The van der Waals surface area contributed by atoms with Gasteiger partial charge in [0.25, 0.3) is 5.91 Å². The van der Waals surface area contributed by atoms with E-state index in [0.717, 1.165) is 61.3 Å². The lowest BCUT2D eigenvalue weighted by Crippen LogP contribution is -3.28. The summed E-state index contributed by atoms with van der Waals surface area (Å²) in [5, 5.41) is 6.17. The van der Waals surface area contributed by atoms with Crippen LogP contribution in [0.5, 0.6) is 0 Å². The Hall–Kier alpha value is -1.80. The van der Waals surface area contributed by atoms with E-state index in [-0.39, 0.29) is 5.91 Å². The number of quaternary nitrogens is 2. The molecular formula is C21H30N4O2S+2. The molecule has 7 heteroatoms. The molecule has 0 bridgehead atoms. The van der Waals surface area contributed by atoms with Gasteiger partial charge in [-0.3, -0.25) is 4.79 Å². The van der Waals surface area contributed by atoms with Gasteiger partial charge >= 0.3 is 0 Å². The molecule has 1 atom stereocenters. The van der Waals surface area contributed by atoms with Crippen LogP contribution in [-0.2, 0) is 9.53 Å². The van der Waals surface area contributed by atoms with E-state index >= 15 is 0 Å². The third kappa shape index (κ3) is 5.17. The fourth-order valence-corrected chi connectivity index (χ4v) is 4.77. The number of aryl methyl sites for hydroxylation is 1. The highest BCUT2D eigenvalue weighted by atomic mass is 32.1. The van der Waals surface area contributed by atoms with Crippen molar-refractivity contribution in [3.8, 4) is 11.3 Å². The smallest absolute Gasteiger partial charge is 0.279 e. The number of carbonyl (C=O) groups excluding carboxylic acids is 1. The Bertz CT molecular complexity index is 795. The van der Waals surface area contributed by atoms with Crippen LogP contribution in [0.2, 0.25) is 0 Å². The number of hydrogen-bond acceptors (Lipinski definition) is 4. The minimum absolute atomic E-state index is 0.0872. The second-order valence-electron chi connectivity index (χ2n) is 7.90. The number of piperazine rings is 1. The van der Waals surface area contributed by atoms with Gasteiger partial charge < -0.3 is 19.9 Å². The van der Waals surface area contributed by atoms with E-state index in [2.05, 4.69) is 15.7 Å². The minimum Gasteiger partial charge on any atom is -0.372 e. The van der Waals surface area contributed by atoms with Gasteiger partial charge in [0.15, 0.2) is 6.54 Å². The van der Waals surface area contributed by atoms with Crippen molar-refractivity contribution in [3.05, 3.63) is 34.7 Å². The van der Waals surface area contributed by atoms with E-state index in [1.807, 2.05) is 31.2 Å². The number of amides is 1. The topological polar surface area (TPSA) is 60.1 Å². The molecule has 2 aliphatic rings. The summed E-state index contributed by atoms with van der Waals surface area (Å²) < 4.78 is 5.76. The lowest BCUT2D eigenvalue weighted by molar-refractivity contribution is -1.01. The highest BCUT2D eigenvalue weighted by Crippen LogP contribution is 2.24. The molecule has 2 aromatic rings. The first-order valence-electron chi connectivity index (χ1n) is 10.3. The van der Waals surface area contributed by atoms with Crippen LogP contribution in [0.3, 0.4) is 0 Å².